The Morgan fingerprint density at radius 1 is 0.547 bits per heavy atom. The molecule has 0 spiro atoms. The second kappa shape index (κ2) is 13.0. The maximum atomic E-state index is 5.48. The SMILES string of the molecule is C=C/C=C\c1c(C)c2ccccc2n1-c1cccc(-n2c3ccccc3c3ccc4c5ccccc5n(-c5cccc(C(/C=C\C)=C/C=C)n5)c4c32)n1. The first-order valence-electron chi connectivity index (χ1n) is 17.9. The van der Waals surface area contributed by atoms with Gasteiger partial charge < -0.3 is 0 Å². The normalized spacial score (nSPS) is 12.5. The summed E-state index contributed by atoms with van der Waals surface area (Å²) in [6.45, 7) is 12.1. The van der Waals surface area contributed by atoms with Crippen molar-refractivity contribution in [3.63, 3.8) is 0 Å². The second-order valence-electron chi connectivity index (χ2n) is 13.1. The van der Waals surface area contributed by atoms with Crippen molar-refractivity contribution in [2.24, 2.45) is 0 Å². The number of aromatic nitrogens is 5. The minimum atomic E-state index is 0.832. The van der Waals surface area contributed by atoms with Crippen LogP contribution in [0.3, 0.4) is 0 Å². The van der Waals surface area contributed by atoms with Crippen LogP contribution < -0.4 is 0 Å². The van der Waals surface area contributed by atoms with Crippen molar-refractivity contribution in [3.05, 3.63) is 188 Å². The van der Waals surface area contributed by atoms with Gasteiger partial charge in [-0.3, -0.25) is 13.7 Å². The third kappa shape index (κ3) is 5.01. The van der Waals surface area contributed by atoms with Crippen molar-refractivity contribution in [1.82, 2.24) is 23.7 Å². The molecule has 5 heterocycles. The molecule has 4 aromatic carbocycles. The minimum absolute atomic E-state index is 0.832. The standard InChI is InChI=1S/C48H37N5/c1-5-8-23-40-32(4)34-19-9-12-24-41(34)51(40)45-28-16-29-46(50-45)53-43-26-14-11-21-36(43)38-31-30-37-35-20-10-13-25-42(35)52(47(37)48(38)53)44-27-15-22-39(49-44)33(17-6-2)18-7-3/h5-31H,1-2H2,3-4H3/b18-7-,23-8-,33-17+. The maximum Gasteiger partial charge on any atom is 0.140 e. The summed E-state index contributed by atoms with van der Waals surface area (Å²) in [6, 6.07) is 42.8. The van der Waals surface area contributed by atoms with E-state index in [1.807, 2.05) is 37.3 Å². The van der Waals surface area contributed by atoms with Crippen LogP contribution in [0.4, 0.5) is 0 Å². The molecule has 0 saturated heterocycles. The van der Waals surface area contributed by atoms with E-state index in [4.69, 9.17) is 9.97 Å². The Morgan fingerprint density at radius 3 is 1.66 bits per heavy atom. The zero-order chi connectivity index (χ0) is 36.1. The molecule has 53 heavy (non-hydrogen) atoms. The molecule has 0 aliphatic rings. The van der Waals surface area contributed by atoms with Gasteiger partial charge in [-0.15, -0.1) is 0 Å². The molecule has 0 unspecified atom stereocenters. The number of fused-ring (bicyclic) bond motifs is 8. The maximum absolute atomic E-state index is 5.48. The Balaban J connectivity index is 1.39. The van der Waals surface area contributed by atoms with Crippen molar-refractivity contribution in [2.45, 2.75) is 13.8 Å². The van der Waals surface area contributed by atoms with Gasteiger partial charge in [-0.2, -0.15) is 0 Å². The first-order chi connectivity index (χ1) is 26.1. The van der Waals surface area contributed by atoms with E-state index in [1.165, 1.54) is 16.3 Å². The molecule has 0 fully saturated rings. The van der Waals surface area contributed by atoms with Gasteiger partial charge in [-0.05, 0) is 73.5 Å². The number of hydrogen-bond donors (Lipinski definition) is 0. The first kappa shape index (κ1) is 32.0. The number of benzene rings is 4. The molecule has 0 aliphatic heterocycles. The van der Waals surface area contributed by atoms with Crippen LogP contribution in [0.5, 0.6) is 0 Å². The lowest BCUT2D eigenvalue weighted by molar-refractivity contribution is 0.982. The number of aryl methyl sites for hydroxylation is 1. The van der Waals surface area contributed by atoms with Crippen molar-refractivity contribution in [3.8, 4) is 17.5 Å². The van der Waals surface area contributed by atoms with Crippen molar-refractivity contribution >= 4 is 66.2 Å². The molecule has 0 radical (unpaired) electrons. The largest absolute Gasteiger partial charge is 0.294 e. The third-order valence-electron chi connectivity index (χ3n) is 10.1. The quantitative estimate of drug-likeness (QED) is 0.150. The van der Waals surface area contributed by atoms with Crippen LogP contribution in [-0.4, -0.2) is 23.7 Å². The van der Waals surface area contributed by atoms with Crippen molar-refractivity contribution in [1.29, 1.82) is 0 Å². The third-order valence-corrected chi connectivity index (χ3v) is 10.1. The molecule has 5 heteroatoms. The molecule has 0 atom stereocenters. The Kier molecular flexibility index (Phi) is 7.82. The van der Waals surface area contributed by atoms with Gasteiger partial charge in [0.2, 0.25) is 0 Å². The summed E-state index contributed by atoms with van der Waals surface area (Å²) in [7, 11) is 0. The number of allylic oxidation sites excluding steroid dienone is 7. The van der Waals surface area contributed by atoms with E-state index in [1.54, 1.807) is 0 Å². The van der Waals surface area contributed by atoms with Crippen LogP contribution in [0.25, 0.3) is 83.6 Å². The van der Waals surface area contributed by atoms with Gasteiger partial charge in [0.15, 0.2) is 0 Å². The summed E-state index contributed by atoms with van der Waals surface area (Å²) in [6.07, 6.45) is 13.8. The molecule has 0 saturated carbocycles. The number of para-hydroxylation sites is 3. The minimum Gasteiger partial charge on any atom is -0.294 e. The van der Waals surface area contributed by atoms with Crippen LogP contribution in [0.15, 0.2) is 171 Å². The highest BCUT2D eigenvalue weighted by atomic mass is 15.2. The molecule has 9 aromatic rings. The Bertz CT molecular complexity index is 3010. The van der Waals surface area contributed by atoms with E-state index in [0.717, 1.165) is 78.2 Å². The predicted molar refractivity (Wildman–Crippen MR) is 224 cm³/mol. The molecule has 254 valence electrons. The zero-order valence-electron chi connectivity index (χ0n) is 29.7. The average molecular weight is 684 g/mol. The summed E-state index contributed by atoms with van der Waals surface area (Å²) < 4.78 is 6.90. The fourth-order valence-electron chi connectivity index (χ4n) is 7.91. The molecule has 9 rings (SSSR count). The van der Waals surface area contributed by atoms with Gasteiger partial charge in [0.05, 0.1) is 39.0 Å². The van der Waals surface area contributed by atoms with Crippen LogP contribution in [0, 0.1) is 6.92 Å². The Morgan fingerprint density at radius 2 is 1.08 bits per heavy atom. The van der Waals surface area contributed by atoms with Crippen LogP contribution >= 0.6 is 0 Å². The molecule has 0 N–H and O–H groups in total. The zero-order valence-corrected chi connectivity index (χ0v) is 29.7. The Labute approximate surface area is 308 Å². The lowest BCUT2D eigenvalue weighted by Crippen LogP contribution is -2.05. The van der Waals surface area contributed by atoms with Gasteiger partial charge in [-0.1, -0.05) is 128 Å². The lowest BCUT2D eigenvalue weighted by atomic mass is 10.1. The number of hydrogen-bond acceptors (Lipinski definition) is 2. The van der Waals surface area contributed by atoms with Crippen molar-refractivity contribution < 1.29 is 0 Å². The summed E-state index contributed by atoms with van der Waals surface area (Å²) >= 11 is 0. The topological polar surface area (TPSA) is 40.6 Å². The van der Waals surface area contributed by atoms with Crippen LogP contribution in [0.1, 0.15) is 23.9 Å². The lowest BCUT2D eigenvalue weighted by Gasteiger charge is -2.14. The van der Waals surface area contributed by atoms with E-state index < -0.39 is 0 Å². The summed E-state index contributed by atoms with van der Waals surface area (Å²) in [5, 5.41) is 5.83. The van der Waals surface area contributed by atoms with Crippen molar-refractivity contribution in [2.75, 3.05) is 0 Å². The highest BCUT2D eigenvalue weighted by molar-refractivity contribution is 6.23. The smallest absolute Gasteiger partial charge is 0.140 e. The fraction of sp³-hybridized carbons (Fsp3) is 0.0417. The number of rotatable bonds is 8. The van der Waals surface area contributed by atoms with Gasteiger partial charge in [0.1, 0.15) is 17.5 Å². The van der Waals surface area contributed by atoms with Gasteiger partial charge in [-0.25, -0.2) is 9.97 Å². The highest BCUT2D eigenvalue weighted by Crippen LogP contribution is 2.41. The van der Waals surface area contributed by atoms with E-state index in [-0.39, 0.29) is 0 Å². The van der Waals surface area contributed by atoms with Gasteiger partial charge in [0, 0.05) is 26.9 Å². The van der Waals surface area contributed by atoms with Gasteiger partial charge in [0.25, 0.3) is 0 Å². The van der Waals surface area contributed by atoms with E-state index >= 15 is 0 Å². The van der Waals surface area contributed by atoms with Crippen LogP contribution in [0.2, 0.25) is 0 Å². The second-order valence-corrected chi connectivity index (χ2v) is 13.1. The van der Waals surface area contributed by atoms with E-state index in [0.29, 0.717) is 0 Å². The van der Waals surface area contributed by atoms with E-state index in [2.05, 4.69) is 167 Å². The molecule has 0 bridgehead atoms. The molecule has 5 nitrogen and oxygen atoms in total. The number of nitrogens with zero attached hydrogens (tertiary/aromatic N) is 5. The highest BCUT2D eigenvalue weighted by Gasteiger charge is 2.23. The molecule has 0 aliphatic carbocycles. The molecule has 0 amide bonds. The predicted octanol–water partition coefficient (Wildman–Crippen LogP) is 12.3. The monoisotopic (exact) mass is 683 g/mol. The summed E-state index contributed by atoms with van der Waals surface area (Å²) in [5.41, 5.74) is 9.59. The molecule has 5 aromatic heterocycles. The van der Waals surface area contributed by atoms with E-state index in [9.17, 15) is 0 Å². The summed E-state index contributed by atoms with van der Waals surface area (Å²) in [5.74, 6) is 2.51. The summed E-state index contributed by atoms with van der Waals surface area (Å²) in [4.78, 5) is 10.8. The average Bonchev–Trinajstić information content (AvgIpc) is 3.82. The number of pyridine rings is 2. The fourth-order valence-corrected chi connectivity index (χ4v) is 7.91. The Hall–Kier alpha value is -6.98. The molecular formula is C48H37N5. The van der Waals surface area contributed by atoms with Crippen LogP contribution in [-0.2, 0) is 0 Å². The van der Waals surface area contributed by atoms with Gasteiger partial charge >= 0.3 is 0 Å². The first-order valence-corrected chi connectivity index (χ1v) is 17.9. The molecular weight excluding hydrogens is 647 g/mol.